The largest absolute Gasteiger partial charge is 0.343 e. The molecule has 0 radical (unpaired) electrons. The lowest BCUT2D eigenvalue weighted by molar-refractivity contribution is -0.860. The Balaban J connectivity index is 2.06. The van der Waals surface area contributed by atoms with Crippen molar-refractivity contribution in [2.75, 3.05) is 27.2 Å². The standard InChI is InChI=1S/C19H22N4O3S/c1-23(2)14-17(15-8-4-3-5-9-15)22-19(24)13-21-27(25,26)18-11-7-6-10-16(18)12-20/h3-11,17,21H,13-14H2,1-2H3,(H,22,24)/p+1/t17-/m0/s1. The number of sulfonamides is 1. The van der Waals surface area contributed by atoms with Gasteiger partial charge in [0.05, 0.1) is 31.1 Å². The van der Waals surface area contributed by atoms with Gasteiger partial charge >= 0.3 is 0 Å². The lowest BCUT2D eigenvalue weighted by atomic mass is 10.1. The zero-order valence-electron chi connectivity index (χ0n) is 15.3. The van der Waals surface area contributed by atoms with E-state index in [2.05, 4.69) is 10.0 Å². The molecule has 0 saturated carbocycles. The molecule has 0 heterocycles. The summed E-state index contributed by atoms with van der Waals surface area (Å²) >= 11 is 0. The molecule has 27 heavy (non-hydrogen) atoms. The molecule has 7 nitrogen and oxygen atoms in total. The van der Waals surface area contributed by atoms with Crippen molar-refractivity contribution in [3.05, 3.63) is 65.7 Å². The Hall–Kier alpha value is -2.73. The Labute approximate surface area is 159 Å². The summed E-state index contributed by atoms with van der Waals surface area (Å²) in [7, 11) is -0.00848. The van der Waals surface area contributed by atoms with E-state index in [9.17, 15) is 13.2 Å². The van der Waals surface area contributed by atoms with Crippen LogP contribution in [0.5, 0.6) is 0 Å². The van der Waals surface area contributed by atoms with Crippen LogP contribution in [0.1, 0.15) is 17.2 Å². The number of likely N-dealkylation sites (N-methyl/N-ethyl adjacent to an activating group) is 1. The molecule has 2 aromatic carbocycles. The summed E-state index contributed by atoms with van der Waals surface area (Å²) < 4.78 is 27.1. The van der Waals surface area contributed by atoms with Crippen molar-refractivity contribution in [2.24, 2.45) is 0 Å². The van der Waals surface area contributed by atoms with Crippen molar-refractivity contribution in [3.63, 3.8) is 0 Å². The number of carbonyl (C=O) groups is 1. The normalized spacial score (nSPS) is 12.4. The average molecular weight is 387 g/mol. The first-order valence-electron chi connectivity index (χ1n) is 8.45. The number of quaternary nitrogens is 1. The molecule has 2 aromatic rings. The van der Waals surface area contributed by atoms with E-state index in [-0.39, 0.29) is 16.5 Å². The van der Waals surface area contributed by atoms with E-state index in [1.54, 1.807) is 6.07 Å². The van der Waals surface area contributed by atoms with Crippen LogP contribution >= 0.6 is 0 Å². The SMILES string of the molecule is C[NH+](C)C[C@H](NC(=O)CNS(=O)(=O)c1ccccc1C#N)c1ccccc1. The Morgan fingerprint density at radius 2 is 1.74 bits per heavy atom. The molecule has 0 spiro atoms. The lowest BCUT2D eigenvalue weighted by Crippen LogP contribution is -3.06. The molecule has 0 saturated heterocycles. The summed E-state index contributed by atoms with van der Waals surface area (Å²) in [6.07, 6.45) is 0. The highest BCUT2D eigenvalue weighted by atomic mass is 32.2. The topological polar surface area (TPSA) is 104 Å². The summed E-state index contributed by atoms with van der Waals surface area (Å²) in [6, 6.07) is 17.0. The number of nitriles is 1. The van der Waals surface area contributed by atoms with Crippen LogP contribution in [-0.2, 0) is 14.8 Å². The number of carbonyl (C=O) groups excluding carboxylic acids is 1. The number of hydrogen-bond acceptors (Lipinski definition) is 4. The first kappa shape index (κ1) is 20.6. The molecule has 0 aliphatic rings. The van der Waals surface area contributed by atoms with Gasteiger partial charge < -0.3 is 10.2 Å². The smallest absolute Gasteiger partial charge is 0.242 e. The second-order valence-electron chi connectivity index (χ2n) is 6.37. The Bertz CT molecular complexity index is 921. The molecular formula is C19H23N4O3S+. The zero-order valence-corrected chi connectivity index (χ0v) is 16.1. The molecule has 142 valence electrons. The summed E-state index contributed by atoms with van der Waals surface area (Å²) in [5.41, 5.74) is 0.980. The third-order valence-electron chi connectivity index (χ3n) is 3.87. The van der Waals surface area contributed by atoms with Gasteiger partial charge in [-0.2, -0.15) is 5.26 Å². The van der Waals surface area contributed by atoms with E-state index in [0.29, 0.717) is 6.54 Å². The molecule has 2 rings (SSSR count). The van der Waals surface area contributed by atoms with Crippen LogP contribution in [0.3, 0.4) is 0 Å². The number of nitrogens with one attached hydrogen (secondary N) is 3. The summed E-state index contributed by atoms with van der Waals surface area (Å²) in [4.78, 5) is 13.3. The molecule has 0 bridgehead atoms. The molecule has 0 aromatic heterocycles. The van der Waals surface area contributed by atoms with Crippen molar-refractivity contribution in [3.8, 4) is 6.07 Å². The van der Waals surface area contributed by atoms with Crippen molar-refractivity contribution >= 4 is 15.9 Å². The van der Waals surface area contributed by atoms with Crippen LogP contribution < -0.4 is 14.9 Å². The van der Waals surface area contributed by atoms with Crippen LogP contribution in [0.15, 0.2) is 59.5 Å². The Kier molecular flexibility index (Phi) is 7.07. The number of rotatable bonds is 8. The minimum Gasteiger partial charge on any atom is -0.343 e. The van der Waals surface area contributed by atoms with Crippen LogP contribution in [-0.4, -0.2) is 41.5 Å². The molecule has 8 heteroatoms. The van der Waals surface area contributed by atoms with Crippen LogP contribution in [0.25, 0.3) is 0 Å². The molecule has 0 fully saturated rings. The predicted octanol–water partition coefficient (Wildman–Crippen LogP) is -0.161. The van der Waals surface area contributed by atoms with Gasteiger partial charge in [-0.25, -0.2) is 13.1 Å². The maximum absolute atomic E-state index is 12.4. The van der Waals surface area contributed by atoms with E-state index >= 15 is 0 Å². The van der Waals surface area contributed by atoms with Gasteiger partial charge in [0.1, 0.15) is 18.7 Å². The van der Waals surface area contributed by atoms with Gasteiger partial charge in [0, 0.05) is 0 Å². The highest BCUT2D eigenvalue weighted by Gasteiger charge is 2.21. The van der Waals surface area contributed by atoms with Gasteiger partial charge in [-0.3, -0.25) is 4.79 Å². The highest BCUT2D eigenvalue weighted by Crippen LogP contribution is 2.14. The fourth-order valence-corrected chi connectivity index (χ4v) is 3.76. The minimum atomic E-state index is -3.96. The minimum absolute atomic E-state index is 0.0313. The second-order valence-corrected chi connectivity index (χ2v) is 8.11. The van der Waals surface area contributed by atoms with Gasteiger partial charge in [-0.1, -0.05) is 42.5 Å². The fourth-order valence-electron chi connectivity index (χ4n) is 2.62. The maximum atomic E-state index is 12.4. The van der Waals surface area contributed by atoms with Crippen LogP contribution in [0, 0.1) is 11.3 Å². The van der Waals surface area contributed by atoms with Gasteiger partial charge in [-0.05, 0) is 17.7 Å². The van der Waals surface area contributed by atoms with Crippen LogP contribution in [0.4, 0.5) is 0 Å². The second kappa shape index (κ2) is 9.28. The maximum Gasteiger partial charge on any atom is 0.242 e. The van der Waals surface area contributed by atoms with E-state index in [4.69, 9.17) is 5.26 Å². The molecule has 3 N–H and O–H groups in total. The van der Waals surface area contributed by atoms with Crippen molar-refractivity contribution in [1.82, 2.24) is 10.0 Å². The fraction of sp³-hybridized carbons (Fsp3) is 0.263. The molecule has 0 unspecified atom stereocenters. The third-order valence-corrected chi connectivity index (χ3v) is 5.33. The number of benzene rings is 2. The molecule has 0 aliphatic carbocycles. The number of nitrogens with zero attached hydrogens (tertiary/aromatic N) is 1. The van der Waals surface area contributed by atoms with Crippen LogP contribution in [0.2, 0.25) is 0 Å². The first-order valence-corrected chi connectivity index (χ1v) is 9.94. The molecule has 0 aliphatic heterocycles. The summed E-state index contributed by atoms with van der Waals surface area (Å²) in [5.74, 6) is -0.442. The number of amides is 1. The van der Waals surface area contributed by atoms with Gasteiger partial charge in [0.15, 0.2) is 0 Å². The summed E-state index contributed by atoms with van der Waals surface area (Å²) in [5, 5.41) is 11.9. The monoisotopic (exact) mass is 387 g/mol. The van der Waals surface area contributed by atoms with E-state index in [1.165, 1.54) is 18.2 Å². The molecular weight excluding hydrogens is 364 g/mol. The van der Waals surface area contributed by atoms with Crippen molar-refractivity contribution in [1.29, 1.82) is 5.26 Å². The van der Waals surface area contributed by atoms with Crippen molar-refractivity contribution in [2.45, 2.75) is 10.9 Å². The zero-order chi connectivity index (χ0) is 19.9. The first-order chi connectivity index (χ1) is 12.8. The highest BCUT2D eigenvalue weighted by molar-refractivity contribution is 7.89. The Morgan fingerprint density at radius 3 is 2.37 bits per heavy atom. The lowest BCUT2D eigenvalue weighted by Gasteiger charge is -2.21. The van der Waals surface area contributed by atoms with Gasteiger partial charge in [0.25, 0.3) is 0 Å². The Morgan fingerprint density at radius 1 is 1.11 bits per heavy atom. The summed E-state index contributed by atoms with van der Waals surface area (Å²) in [6.45, 7) is 0.244. The average Bonchev–Trinajstić information content (AvgIpc) is 2.66. The van der Waals surface area contributed by atoms with E-state index < -0.39 is 22.5 Å². The van der Waals surface area contributed by atoms with Crippen molar-refractivity contribution < 1.29 is 18.1 Å². The third kappa shape index (κ3) is 5.89. The van der Waals surface area contributed by atoms with Gasteiger partial charge in [-0.15, -0.1) is 0 Å². The van der Waals surface area contributed by atoms with Gasteiger partial charge in [0.2, 0.25) is 15.9 Å². The van der Waals surface area contributed by atoms with E-state index in [1.807, 2.05) is 50.5 Å². The molecule has 1 atom stereocenters. The molecule has 1 amide bonds. The van der Waals surface area contributed by atoms with E-state index in [0.717, 1.165) is 10.5 Å². The predicted molar refractivity (Wildman–Crippen MR) is 101 cm³/mol. The quantitative estimate of drug-likeness (QED) is 0.585. The number of hydrogen-bond donors (Lipinski definition) is 3.